The molecule has 3 rings (SSSR count). The smallest absolute Gasteiger partial charge is 0.265 e. The lowest BCUT2D eigenvalue weighted by atomic mass is 10.1. The molecule has 0 aliphatic rings. The van der Waals surface area contributed by atoms with E-state index in [4.69, 9.17) is 9.47 Å². The third-order valence-electron chi connectivity index (χ3n) is 4.47. The van der Waals surface area contributed by atoms with Gasteiger partial charge in [-0.05, 0) is 61.7 Å². The Bertz CT molecular complexity index is 965. The number of nitrogens with one attached hydrogen (secondary N) is 1. The van der Waals surface area contributed by atoms with Gasteiger partial charge in [0.1, 0.15) is 18.1 Å². The number of rotatable bonds is 7. The van der Waals surface area contributed by atoms with E-state index < -0.39 is 6.10 Å². The topological polar surface area (TPSA) is 47.6 Å². The van der Waals surface area contributed by atoms with Crippen LogP contribution in [0.1, 0.15) is 23.6 Å². The van der Waals surface area contributed by atoms with Gasteiger partial charge in [-0.1, -0.05) is 58.4 Å². The van der Waals surface area contributed by atoms with Crippen molar-refractivity contribution in [3.8, 4) is 11.5 Å². The van der Waals surface area contributed by atoms with Crippen LogP contribution in [0.4, 0.5) is 5.69 Å². The summed E-state index contributed by atoms with van der Waals surface area (Å²) in [5, 5.41) is 2.92. The van der Waals surface area contributed by atoms with Crippen LogP contribution in [0.15, 0.2) is 71.2 Å². The Morgan fingerprint density at radius 1 is 1.00 bits per heavy atom. The first-order chi connectivity index (χ1) is 13.9. The highest BCUT2D eigenvalue weighted by atomic mass is 79.9. The normalized spacial score (nSPS) is 11.6. The van der Waals surface area contributed by atoms with E-state index in [1.165, 1.54) is 0 Å². The number of halogens is 1. The highest BCUT2D eigenvalue weighted by Crippen LogP contribution is 2.29. The molecule has 0 aromatic heterocycles. The van der Waals surface area contributed by atoms with Crippen LogP contribution in [0.5, 0.6) is 11.5 Å². The van der Waals surface area contributed by atoms with Gasteiger partial charge in [0, 0.05) is 4.47 Å². The maximum atomic E-state index is 12.7. The Hall–Kier alpha value is -2.79. The molecule has 150 valence electrons. The van der Waals surface area contributed by atoms with Crippen molar-refractivity contribution < 1.29 is 14.3 Å². The third-order valence-corrected chi connectivity index (χ3v) is 4.93. The Kier molecular flexibility index (Phi) is 6.94. The summed E-state index contributed by atoms with van der Waals surface area (Å²) in [5.41, 5.74) is 3.63. The van der Waals surface area contributed by atoms with Crippen molar-refractivity contribution in [2.45, 2.75) is 33.5 Å². The molecule has 4 nitrogen and oxygen atoms in total. The summed E-state index contributed by atoms with van der Waals surface area (Å²) in [6, 6.07) is 21.3. The van der Waals surface area contributed by atoms with Crippen molar-refractivity contribution in [3.05, 3.63) is 87.9 Å². The van der Waals surface area contributed by atoms with Crippen molar-refractivity contribution in [1.82, 2.24) is 0 Å². The molecule has 5 heteroatoms. The minimum Gasteiger partial charge on any atom is -0.487 e. The predicted molar refractivity (Wildman–Crippen MR) is 120 cm³/mol. The van der Waals surface area contributed by atoms with E-state index in [1.807, 2.05) is 80.6 Å². The second-order valence-corrected chi connectivity index (χ2v) is 7.80. The lowest BCUT2D eigenvalue weighted by molar-refractivity contribution is -0.122. The first-order valence-corrected chi connectivity index (χ1v) is 10.2. The fourth-order valence-corrected chi connectivity index (χ4v) is 3.67. The number of anilines is 1. The van der Waals surface area contributed by atoms with Gasteiger partial charge in [-0.3, -0.25) is 4.79 Å². The lowest BCUT2D eigenvalue weighted by Crippen LogP contribution is -2.30. The van der Waals surface area contributed by atoms with Crippen molar-refractivity contribution in [3.63, 3.8) is 0 Å². The van der Waals surface area contributed by atoms with Crippen LogP contribution in [0.3, 0.4) is 0 Å². The molecule has 1 N–H and O–H groups in total. The molecule has 1 atom stereocenters. The third kappa shape index (κ3) is 5.61. The molecule has 0 saturated heterocycles. The largest absolute Gasteiger partial charge is 0.487 e. The average molecular weight is 454 g/mol. The van der Waals surface area contributed by atoms with Crippen LogP contribution in [-0.4, -0.2) is 12.0 Å². The first kappa shape index (κ1) is 20.9. The summed E-state index contributed by atoms with van der Waals surface area (Å²) in [7, 11) is 0. The molecule has 1 unspecified atom stereocenters. The van der Waals surface area contributed by atoms with Crippen molar-refractivity contribution in [2.24, 2.45) is 0 Å². The second kappa shape index (κ2) is 9.61. The second-order valence-electron chi connectivity index (χ2n) is 6.89. The molecule has 3 aromatic carbocycles. The molecule has 3 aromatic rings. The molecule has 0 aliphatic carbocycles. The van der Waals surface area contributed by atoms with Gasteiger partial charge in [-0.25, -0.2) is 0 Å². The Labute approximate surface area is 180 Å². The Morgan fingerprint density at radius 2 is 1.62 bits per heavy atom. The van der Waals surface area contributed by atoms with Gasteiger partial charge in [0.25, 0.3) is 5.91 Å². The molecule has 0 bridgehead atoms. The van der Waals surface area contributed by atoms with E-state index in [-0.39, 0.29) is 5.91 Å². The number of hydrogen-bond donors (Lipinski definition) is 1. The standard InChI is InChI=1S/C24H24BrNO3/c1-16-13-20(25)14-17(2)23(16)29-18(3)24(27)26-21-11-7-8-12-22(21)28-15-19-9-5-4-6-10-19/h4-14,18H,15H2,1-3H3,(H,26,27). The number of aryl methyl sites for hydroxylation is 2. The van der Waals surface area contributed by atoms with E-state index in [0.29, 0.717) is 18.0 Å². The minimum absolute atomic E-state index is 0.234. The van der Waals surface area contributed by atoms with Crippen LogP contribution < -0.4 is 14.8 Å². The maximum Gasteiger partial charge on any atom is 0.265 e. The monoisotopic (exact) mass is 453 g/mol. The molecule has 0 heterocycles. The molecule has 0 aliphatic heterocycles. The molecule has 0 saturated carbocycles. The Balaban J connectivity index is 1.67. The highest BCUT2D eigenvalue weighted by molar-refractivity contribution is 9.10. The number of ether oxygens (including phenoxy) is 2. The average Bonchev–Trinajstić information content (AvgIpc) is 2.70. The number of amides is 1. The lowest BCUT2D eigenvalue weighted by Gasteiger charge is -2.19. The molecule has 0 radical (unpaired) electrons. The summed E-state index contributed by atoms with van der Waals surface area (Å²) < 4.78 is 12.9. The van der Waals surface area contributed by atoms with Gasteiger partial charge >= 0.3 is 0 Å². The van der Waals surface area contributed by atoms with Crippen molar-refractivity contribution >= 4 is 27.5 Å². The summed E-state index contributed by atoms with van der Waals surface area (Å²) in [6.07, 6.45) is -0.657. The predicted octanol–water partition coefficient (Wildman–Crippen LogP) is 6.05. The summed E-state index contributed by atoms with van der Waals surface area (Å²) in [5.74, 6) is 1.11. The van der Waals surface area contributed by atoms with Gasteiger partial charge in [0.15, 0.2) is 6.10 Å². The molecular formula is C24H24BrNO3. The van der Waals surface area contributed by atoms with Crippen LogP contribution in [0, 0.1) is 13.8 Å². The van der Waals surface area contributed by atoms with Crippen LogP contribution in [0.2, 0.25) is 0 Å². The molecular weight excluding hydrogens is 430 g/mol. The zero-order chi connectivity index (χ0) is 20.8. The molecule has 0 spiro atoms. The fraction of sp³-hybridized carbons (Fsp3) is 0.208. The van der Waals surface area contributed by atoms with E-state index in [2.05, 4.69) is 21.2 Å². The first-order valence-electron chi connectivity index (χ1n) is 9.44. The van der Waals surface area contributed by atoms with Gasteiger partial charge in [-0.15, -0.1) is 0 Å². The van der Waals surface area contributed by atoms with Crippen molar-refractivity contribution in [2.75, 3.05) is 5.32 Å². The van der Waals surface area contributed by atoms with Gasteiger partial charge < -0.3 is 14.8 Å². The zero-order valence-corrected chi connectivity index (χ0v) is 18.3. The number of hydrogen-bond acceptors (Lipinski definition) is 3. The number of para-hydroxylation sites is 2. The number of benzene rings is 3. The van der Waals surface area contributed by atoms with Crippen LogP contribution in [0.25, 0.3) is 0 Å². The zero-order valence-electron chi connectivity index (χ0n) is 16.7. The van der Waals surface area contributed by atoms with E-state index in [1.54, 1.807) is 6.92 Å². The fourth-order valence-electron chi connectivity index (χ4n) is 2.98. The van der Waals surface area contributed by atoms with Crippen LogP contribution in [-0.2, 0) is 11.4 Å². The molecule has 29 heavy (non-hydrogen) atoms. The number of carbonyl (C=O) groups is 1. The maximum absolute atomic E-state index is 12.7. The van der Waals surface area contributed by atoms with Gasteiger partial charge in [0.2, 0.25) is 0 Å². The SMILES string of the molecule is Cc1cc(Br)cc(C)c1OC(C)C(=O)Nc1ccccc1OCc1ccccc1. The Morgan fingerprint density at radius 3 is 2.31 bits per heavy atom. The van der Waals surface area contributed by atoms with Gasteiger partial charge in [-0.2, -0.15) is 0 Å². The molecule has 0 fully saturated rings. The van der Waals surface area contributed by atoms with Gasteiger partial charge in [0.05, 0.1) is 5.69 Å². The highest BCUT2D eigenvalue weighted by Gasteiger charge is 2.19. The van der Waals surface area contributed by atoms with Crippen LogP contribution >= 0.6 is 15.9 Å². The number of carbonyl (C=O) groups excluding carboxylic acids is 1. The summed E-state index contributed by atoms with van der Waals surface area (Å²) in [4.78, 5) is 12.7. The van der Waals surface area contributed by atoms with E-state index in [0.717, 1.165) is 26.9 Å². The summed E-state index contributed by atoms with van der Waals surface area (Å²) in [6.45, 7) is 6.09. The van der Waals surface area contributed by atoms with Crippen molar-refractivity contribution in [1.29, 1.82) is 0 Å². The molecule has 1 amide bonds. The minimum atomic E-state index is -0.657. The summed E-state index contributed by atoms with van der Waals surface area (Å²) >= 11 is 3.48. The quantitative estimate of drug-likeness (QED) is 0.473. The van der Waals surface area contributed by atoms with E-state index in [9.17, 15) is 4.79 Å². The van der Waals surface area contributed by atoms with E-state index >= 15 is 0 Å².